The van der Waals surface area contributed by atoms with Crippen LogP contribution < -0.4 is 14.4 Å². The van der Waals surface area contributed by atoms with Crippen molar-refractivity contribution >= 4 is 44.1 Å². The molecule has 6 rings (SSSR count). The lowest BCUT2D eigenvalue weighted by Gasteiger charge is -2.23. The Hall–Kier alpha value is -4.24. The topological polar surface area (TPSA) is 89.0 Å². The Morgan fingerprint density at radius 2 is 2.00 bits per heavy atom. The van der Waals surface area contributed by atoms with Gasteiger partial charge in [-0.15, -0.1) is 0 Å². The normalized spacial score (nSPS) is 19.7. The number of aromatic nitrogens is 1. The highest BCUT2D eigenvalue weighted by molar-refractivity contribution is 7.22. The van der Waals surface area contributed by atoms with Gasteiger partial charge in [-0.3, -0.25) is 14.5 Å². The minimum absolute atomic E-state index is 0.00952. The monoisotopic (exact) mass is 572 g/mol. The van der Waals surface area contributed by atoms with Gasteiger partial charge < -0.3 is 14.6 Å². The molecular weight excluding hydrogens is 543 g/mol. The summed E-state index contributed by atoms with van der Waals surface area (Å²) in [5.41, 5.74) is 2.37. The number of Topliss-reactive ketones (excluding diaryl/α,β-unsaturated/α-hetero) is 1. The smallest absolute Gasteiger partial charge is 0.301 e. The summed E-state index contributed by atoms with van der Waals surface area (Å²) in [5.74, 6) is -0.559. The Morgan fingerprint density at radius 1 is 1.17 bits per heavy atom. The average molecular weight is 573 g/mol. The Kier molecular flexibility index (Phi) is 6.99. The number of ketones is 1. The van der Waals surface area contributed by atoms with Crippen LogP contribution in [0.4, 0.5) is 9.52 Å². The largest absolute Gasteiger partial charge is 0.507 e. The molecule has 1 amide bonds. The molecule has 9 heteroatoms. The van der Waals surface area contributed by atoms with Crippen molar-refractivity contribution in [1.82, 2.24) is 4.98 Å². The van der Waals surface area contributed by atoms with Gasteiger partial charge in [0.1, 0.15) is 29.2 Å². The van der Waals surface area contributed by atoms with Crippen LogP contribution in [0.3, 0.4) is 0 Å². The van der Waals surface area contributed by atoms with Gasteiger partial charge in [0, 0.05) is 12.0 Å². The number of rotatable bonds is 7. The van der Waals surface area contributed by atoms with E-state index in [1.165, 1.54) is 23.1 Å². The van der Waals surface area contributed by atoms with E-state index < -0.39 is 23.5 Å². The molecule has 1 N–H and O–H groups in total. The number of carbonyl (C=O) groups excluding carboxylic acids is 2. The minimum atomic E-state index is -0.975. The second kappa shape index (κ2) is 10.6. The van der Waals surface area contributed by atoms with Crippen LogP contribution in [0.25, 0.3) is 16.0 Å². The fourth-order valence-corrected chi connectivity index (χ4v) is 6.26. The predicted molar refractivity (Wildman–Crippen MR) is 156 cm³/mol. The average Bonchev–Trinajstić information content (AvgIpc) is 3.60. The number of carbonyl (C=O) groups is 2. The number of nitrogens with zero attached hydrogens (tertiary/aromatic N) is 2. The highest BCUT2D eigenvalue weighted by Gasteiger charge is 2.48. The van der Waals surface area contributed by atoms with Crippen LogP contribution in [0.2, 0.25) is 0 Å². The molecule has 1 saturated heterocycles. The number of aliphatic hydroxyl groups is 1. The zero-order valence-electron chi connectivity index (χ0n) is 22.9. The van der Waals surface area contributed by atoms with Crippen LogP contribution >= 0.6 is 11.3 Å². The molecule has 0 radical (unpaired) electrons. The van der Waals surface area contributed by atoms with E-state index in [4.69, 9.17) is 9.47 Å². The first-order valence-corrected chi connectivity index (χ1v) is 14.4. The first-order valence-electron chi connectivity index (χ1n) is 13.6. The zero-order chi connectivity index (χ0) is 28.8. The third kappa shape index (κ3) is 5.06. The van der Waals surface area contributed by atoms with Gasteiger partial charge in [0.2, 0.25) is 0 Å². The molecular formula is C32H29FN2O5S. The van der Waals surface area contributed by atoms with Crippen LogP contribution in [-0.2, 0) is 16.0 Å². The van der Waals surface area contributed by atoms with Crippen molar-refractivity contribution in [1.29, 1.82) is 0 Å². The predicted octanol–water partition coefficient (Wildman–Crippen LogP) is 6.81. The van der Waals surface area contributed by atoms with Crippen LogP contribution in [0.15, 0.2) is 66.2 Å². The summed E-state index contributed by atoms with van der Waals surface area (Å²) in [6.45, 7) is 6.71. The second-order valence-corrected chi connectivity index (χ2v) is 11.8. The number of aliphatic hydroxyl groups excluding tert-OH is 1. The van der Waals surface area contributed by atoms with Crippen molar-refractivity contribution < 1.29 is 28.6 Å². The molecule has 1 aromatic heterocycles. The zero-order valence-corrected chi connectivity index (χ0v) is 23.7. The highest BCUT2D eigenvalue weighted by Crippen LogP contribution is 2.45. The quantitative estimate of drug-likeness (QED) is 0.149. The Morgan fingerprint density at radius 3 is 2.80 bits per heavy atom. The lowest BCUT2D eigenvalue weighted by atomic mass is 9.94. The van der Waals surface area contributed by atoms with Gasteiger partial charge in [-0.05, 0) is 78.9 Å². The minimum Gasteiger partial charge on any atom is -0.507 e. The molecule has 210 valence electrons. The first kappa shape index (κ1) is 27.0. The summed E-state index contributed by atoms with van der Waals surface area (Å²) in [6.07, 6.45) is 1.55. The molecule has 0 spiro atoms. The number of halogens is 1. The maximum atomic E-state index is 14.0. The molecule has 3 heterocycles. The second-order valence-electron chi connectivity index (χ2n) is 10.8. The highest BCUT2D eigenvalue weighted by atomic mass is 32.1. The van der Waals surface area contributed by atoms with E-state index >= 15 is 0 Å². The van der Waals surface area contributed by atoms with Crippen molar-refractivity contribution in [3.63, 3.8) is 0 Å². The van der Waals surface area contributed by atoms with Gasteiger partial charge in [0.15, 0.2) is 5.13 Å². The fraction of sp³-hybridized carbons (Fsp3) is 0.281. The molecule has 2 atom stereocenters. The van der Waals surface area contributed by atoms with E-state index in [2.05, 4.69) is 18.8 Å². The summed E-state index contributed by atoms with van der Waals surface area (Å²) in [6, 6.07) is 15.6. The van der Waals surface area contributed by atoms with Crippen LogP contribution in [0.5, 0.6) is 11.5 Å². The van der Waals surface area contributed by atoms with Gasteiger partial charge in [-0.1, -0.05) is 37.3 Å². The fourth-order valence-electron chi connectivity index (χ4n) is 5.25. The molecule has 0 saturated carbocycles. The summed E-state index contributed by atoms with van der Waals surface area (Å²) < 4.78 is 26.3. The maximum Gasteiger partial charge on any atom is 0.301 e. The SMILES string of the molecule is CC(C)CCOc1cccc(C2C(=C(O)c3ccc4c(c3)CC(C)O4)C(=O)C(=O)N2c2nc3ccc(F)cc3s2)c1. The van der Waals surface area contributed by atoms with Crippen LogP contribution in [0, 0.1) is 11.7 Å². The van der Waals surface area contributed by atoms with Gasteiger partial charge in [-0.25, -0.2) is 9.37 Å². The van der Waals surface area contributed by atoms with Gasteiger partial charge in [0.25, 0.3) is 5.78 Å². The number of anilines is 1. The molecule has 2 aliphatic heterocycles. The number of fused-ring (bicyclic) bond motifs is 2. The lowest BCUT2D eigenvalue weighted by Crippen LogP contribution is -2.29. The molecule has 0 bridgehead atoms. The number of thiazole rings is 1. The summed E-state index contributed by atoms with van der Waals surface area (Å²) in [5, 5.41) is 11.8. The standard InChI is InChI=1S/C32H29FN2O5S/c1-17(2)11-12-39-23-6-4-5-19(15-23)28-27(29(36)20-7-10-25-21(14-20)13-18(3)40-25)30(37)31(38)35(28)32-34-24-9-8-22(33)16-26(24)41-32/h4-10,14-18,28,36H,11-13H2,1-3H3. The molecule has 1 fully saturated rings. The molecule has 0 aliphatic carbocycles. The van der Waals surface area contributed by atoms with E-state index in [0.29, 0.717) is 46.0 Å². The van der Waals surface area contributed by atoms with Crippen LogP contribution in [0.1, 0.15) is 49.9 Å². The number of ether oxygens (including phenoxy) is 2. The van der Waals surface area contributed by atoms with Crippen molar-refractivity contribution in [3.05, 3.63) is 88.7 Å². The number of benzene rings is 3. The van der Waals surface area contributed by atoms with Crippen molar-refractivity contribution in [3.8, 4) is 11.5 Å². The van der Waals surface area contributed by atoms with Gasteiger partial charge in [-0.2, -0.15) is 0 Å². The van der Waals surface area contributed by atoms with Crippen molar-refractivity contribution in [2.75, 3.05) is 11.5 Å². The first-order chi connectivity index (χ1) is 19.7. The Bertz CT molecular complexity index is 1710. The van der Waals surface area contributed by atoms with E-state index in [0.717, 1.165) is 29.1 Å². The van der Waals surface area contributed by atoms with Crippen molar-refractivity contribution in [2.24, 2.45) is 5.92 Å². The van der Waals surface area contributed by atoms with E-state index in [-0.39, 0.29) is 22.6 Å². The summed E-state index contributed by atoms with van der Waals surface area (Å²) in [4.78, 5) is 33.1. The van der Waals surface area contributed by atoms with Crippen LogP contribution in [-0.4, -0.2) is 34.5 Å². The molecule has 3 aromatic carbocycles. The van der Waals surface area contributed by atoms with Gasteiger partial charge in [0.05, 0.1) is 28.4 Å². The summed E-state index contributed by atoms with van der Waals surface area (Å²) >= 11 is 1.11. The Balaban J connectivity index is 1.48. The molecule has 2 aliphatic rings. The number of hydrogen-bond donors (Lipinski definition) is 1. The van der Waals surface area contributed by atoms with E-state index in [1.807, 2.05) is 13.0 Å². The molecule has 4 aromatic rings. The molecule has 7 nitrogen and oxygen atoms in total. The number of hydrogen-bond acceptors (Lipinski definition) is 7. The molecule has 2 unspecified atom stereocenters. The maximum absolute atomic E-state index is 14.0. The van der Waals surface area contributed by atoms with E-state index in [1.54, 1.807) is 36.4 Å². The summed E-state index contributed by atoms with van der Waals surface area (Å²) in [7, 11) is 0. The Labute approximate surface area is 240 Å². The van der Waals surface area contributed by atoms with Crippen molar-refractivity contribution in [2.45, 2.75) is 45.8 Å². The third-order valence-electron chi connectivity index (χ3n) is 7.30. The number of amides is 1. The third-order valence-corrected chi connectivity index (χ3v) is 8.31. The molecule has 41 heavy (non-hydrogen) atoms. The van der Waals surface area contributed by atoms with Gasteiger partial charge >= 0.3 is 5.91 Å². The van der Waals surface area contributed by atoms with E-state index in [9.17, 15) is 19.1 Å². The lowest BCUT2D eigenvalue weighted by molar-refractivity contribution is -0.132.